The molecule has 4 rings (SSSR count). The molecule has 2 aromatic carbocycles. The van der Waals surface area contributed by atoms with Crippen molar-refractivity contribution >= 4 is 23.7 Å². The summed E-state index contributed by atoms with van der Waals surface area (Å²) in [7, 11) is 1.54. The lowest BCUT2D eigenvalue weighted by molar-refractivity contribution is -0.168. The van der Waals surface area contributed by atoms with Crippen LogP contribution in [-0.4, -0.2) is 66.7 Å². The number of nitrogens with one attached hydrogen (secondary N) is 2. The van der Waals surface area contributed by atoms with Crippen molar-refractivity contribution in [2.75, 3.05) is 13.7 Å². The van der Waals surface area contributed by atoms with Gasteiger partial charge in [-0.15, -0.1) is 0 Å². The van der Waals surface area contributed by atoms with Gasteiger partial charge in [0.05, 0.1) is 20.1 Å². The molecule has 4 atom stereocenters. The van der Waals surface area contributed by atoms with E-state index in [1.165, 1.54) is 4.90 Å². The molecular formula is C30H37N3O7. The third-order valence-corrected chi connectivity index (χ3v) is 7.13. The Bertz CT molecular complexity index is 1210. The Morgan fingerprint density at radius 2 is 1.77 bits per heavy atom. The number of esters is 1. The van der Waals surface area contributed by atoms with Crippen LogP contribution >= 0.6 is 0 Å². The Hall–Kier alpha value is -3.92. The highest BCUT2D eigenvalue weighted by molar-refractivity contribution is 5.99. The van der Waals surface area contributed by atoms with Gasteiger partial charge in [0.15, 0.2) is 0 Å². The van der Waals surface area contributed by atoms with E-state index in [-0.39, 0.29) is 24.8 Å². The van der Waals surface area contributed by atoms with Gasteiger partial charge in [0, 0.05) is 12.1 Å². The van der Waals surface area contributed by atoms with Crippen LogP contribution in [-0.2, 0) is 30.5 Å². The number of methoxy groups -OCH3 is 1. The van der Waals surface area contributed by atoms with E-state index < -0.39 is 41.7 Å². The molecule has 10 heteroatoms. The van der Waals surface area contributed by atoms with E-state index in [1.807, 2.05) is 51.1 Å². The van der Waals surface area contributed by atoms with Crippen molar-refractivity contribution < 1.29 is 33.4 Å². The van der Waals surface area contributed by atoms with Crippen molar-refractivity contribution in [2.45, 2.75) is 71.1 Å². The van der Waals surface area contributed by atoms with Gasteiger partial charge in [-0.1, -0.05) is 51.1 Å². The molecule has 0 aromatic heterocycles. The Balaban J connectivity index is 1.42. The van der Waals surface area contributed by atoms with E-state index in [4.69, 9.17) is 14.2 Å². The smallest absolute Gasteiger partial charge is 0.310 e. The number of carbonyl (C=O) groups excluding carboxylic acids is 4. The van der Waals surface area contributed by atoms with Crippen LogP contribution in [0.1, 0.15) is 56.0 Å². The molecular weight excluding hydrogens is 514 g/mol. The number of likely N-dealkylation sites (tertiary alicyclic amines) is 1. The second kappa shape index (κ2) is 12.5. The van der Waals surface area contributed by atoms with Gasteiger partial charge in [-0.05, 0) is 48.1 Å². The first kappa shape index (κ1) is 29.1. The van der Waals surface area contributed by atoms with Gasteiger partial charge in [-0.3, -0.25) is 19.2 Å². The predicted octanol–water partition coefficient (Wildman–Crippen LogP) is 2.81. The summed E-state index contributed by atoms with van der Waals surface area (Å²) in [5.74, 6) is -0.944. The molecule has 2 aliphatic rings. The number of hydrogen-bond donors (Lipinski definition) is 2. The highest BCUT2D eigenvalue weighted by Gasteiger charge is 2.44. The maximum Gasteiger partial charge on any atom is 0.310 e. The Kier molecular flexibility index (Phi) is 9.09. The highest BCUT2D eigenvalue weighted by Crippen LogP contribution is 2.27. The fraction of sp³-hybridized carbons (Fsp3) is 0.467. The molecule has 2 fully saturated rings. The number of rotatable bonds is 9. The van der Waals surface area contributed by atoms with Crippen molar-refractivity contribution in [1.82, 2.24) is 15.5 Å². The first-order valence-electron chi connectivity index (χ1n) is 13.5. The van der Waals surface area contributed by atoms with Crippen molar-refractivity contribution in [3.63, 3.8) is 0 Å². The predicted molar refractivity (Wildman–Crippen MR) is 146 cm³/mol. The Morgan fingerprint density at radius 1 is 1.07 bits per heavy atom. The van der Waals surface area contributed by atoms with E-state index in [0.717, 1.165) is 5.56 Å². The van der Waals surface area contributed by atoms with E-state index in [2.05, 4.69) is 10.6 Å². The molecule has 0 aliphatic carbocycles. The lowest BCUT2D eigenvalue weighted by Crippen LogP contribution is -2.58. The molecule has 3 unspecified atom stereocenters. The molecule has 40 heavy (non-hydrogen) atoms. The SMILES string of the molecule is COc1ccc(C(=O)N[C@H](C(=O)N2CCCC2C(=O)NC2CC(=O)OC2OCc2ccccc2)C(C)(C)C)cc1. The van der Waals surface area contributed by atoms with Gasteiger partial charge >= 0.3 is 5.97 Å². The molecule has 10 nitrogen and oxygen atoms in total. The van der Waals surface area contributed by atoms with Gasteiger partial charge in [0.2, 0.25) is 18.1 Å². The Morgan fingerprint density at radius 3 is 2.42 bits per heavy atom. The molecule has 2 N–H and O–H groups in total. The fourth-order valence-corrected chi connectivity index (χ4v) is 4.91. The lowest BCUT2D eigenvalue weighted by atomic mass is 9.85. The van der Waals surface area contributed by atoms with Crippen LogP contribution in [0.25, 0.3) is 0 Å². The molecule has 2 saturated heterocycles. The average molecular weight is 552 g/mol. The number of amides is 3. The molecule has 3 amide bonds. The molecule has 2 aliphatic heterocycles. The van der Waals surface area contributed by atoms with Gasteiger partial charge in [0.1, 0.15) is 23.9 Å². The number of cyclic esters (lactones) is 1. The zero-order valence-electron chi connectivity index (χ0n) is 23.3. The maximum atomic E-state index is 13.8. The zero-order valence-corrected chi connectivity index (χ0v) is 23.3. The summed E-state index contributed by atoms with van der Waals surface area (Å²) < 4.78 is 16.3. The van der Waals surface area contributed by atoms with E-state index >= 15 is 0 Å². The summed E-state index contributed by atoms with van der Waals surface area (Å²) in [5, 5.41) is 5.75. The third-order valence-electron chi connectivity index (χ3n) is 7.13. The summed E-state index contributed by atoms with van der Waals surface area (Å²) in [6.07, 6.45) is 0.168. The standard InChI is InChI=1S/C30H37N3O7/c1-30(2,3)25(32-26(35)20-12-14-21(38-4)15-13-20)28(37)33-16-8-11-23(33)27(36)31-22-17-24(34)40-29(22)39-18-19-9-6-5-7-10-19/h5-7,9-10,12-15,22-23,25,29H,8,11,16-18H2,1-4H3,(H,31,36)(H,32,35)/t22?,23?,25-,29?/m1/s1. The third kappa shape index (κ3) is 6.98. The van der Waals surface area contributed by atoms with Crippen molar-refractivity contribution in [1.29, 1.82) is 0 Å². The zero-order chi connectivity index (χ0) is 28.9. The summed E-state index contributed by atoms with van der Waals surface area (Å²) in [6.45, 7) is 6.21. The van der Waals surface area contributed by atoms with Crippen molar-refractivity contribution in [2.24, 2.45) is 5.41 Å². The highest BCUT2D eigenvalue weighted by atomic mass is 16.7. The number of hydrogen-bond acceptors (Lipinski definition) is 7. The van der Waals surface area contributed by atoms with Crippen molar-refractivity contribution in [3.8, 4) is 5.75 Å². The van der Waals surface area contributed by atoms with Crippen LogP contribution < -0.4 is 15.4 Å². The lowest BCUT2D eigenvalue weighted by Gasteiger charge is -2.35. The average Bonchev–Trinajstić information content (AvgIpc) is 3.56. The first-order valence-corrected chi connectivity index (χ1v) is 13.5. The topological polar surface area (TPSA) is 123 Å². The number of nitrogens with zero attached hydrogens (tertiary/aromatic N) is 1. The van der Waals surface area contributed by atoms with Gasteiger partial charge in [-0.25, -0.2) is 0 Å². The number of benzene rings is 2. The monoisotopic (exact) mass is 551 g/mol. The Labute approximate surface area is 234 Å². The normalized spacial score (nSPS) is 21.4. The van der Waals surface area contributed by atoms with Crippen LogP contribution in [0.3, 0.4) is 0 Å². The minimum Gasteiger partial charge on any atom is -0.497 e. The minimum atomic E-state index is -0.923. The minimum absolute atomic E-state index is 0.0194. The van der Waals surface area contributed by atoms with Gasteiger partial charge in [0.25, 0.3) is 5.91 Å². The van der Waals surface area contributed by atoms with Crippen LogP contribution in [0.2, 0.25) is 0 Å². The molecule has 0 spiro atoms. The molecule has 214 valence electrons. The molecule has 0 radical (unpaired) electrons. The van der Waals surface area contributed by atoms with Gasteiger partial charge < -0.3 is 29.7 Å². The molecule has 2 heterocycles. The van der Waals surface area contributed by atoms with E-state index in [9.17, 15) is 19.2 Å². The van der Waals surface area contributed by atoms with Crippen LogP contribution in [0.5, 0.6) is 5.75 Å². The van der Waals surface area contributed by atoms with Crippen LogP contribution in [0.15, 0.2) is 54.6 Å². The number of carbonyl (C=O) groups is 4. The quantitative estimate of drug-likeness (QED) is 0.460. The number of ether oxygens (including phenoxy) is 3. The van der Waals surface area contributed by atoms with Crippen LogP contribution in [0, 0.1) is 5.41 Å². The summed E-state index contributed by atoms with van der Waals surface area (Å²) >= 11 is 0. The summed E-state index contributed by atoms with van der Waals surface area (Å²) in [4.78, 5) is 53.8. The fourth-order valence-electron chi connectivity index (χ4n) is 4.91. The second-order valence-electron chi connectivity index (χ2n) is 11.2. The molecule has 0 saturated carbocycles. The maximum absolute atomic E-state index is 13.8. The largest absolute Gasteiger partial charge is 0.497 e. The molecule has 2 aromatic rings. The van der Waals surface area contributed by atoms with Gasteiger partial charge in [-0.2, -0.15) is 0 Å². The first-order chi connectivity index (χ1) is 19.1. The van der Waals surface area contributed by atoms with Crippen LogP contribution in [0.4, 0.5) is 0 Å². The van der Waals surface area contributed by atoms with E-state index in [0.29, 0.717) is 30.7 Å². The molecule has 0 bridgehead atoms. The second-order valence-corrected chi connectivity index (χ2v) is 11.2. The summed E-state index contributed by atoms with van der Waals surface area (Å²) in [6, 6.07) is 13.8. The summed E-state index contributed by atoms with van der Waals surface area (Å²) in [5.41, 5.74) is 0.685. The van der Waals surface area contributed by atoms with Crippen molar-refractivity contribution in [3.05, 3.63) is 65.7 Å². The van der Waals surface area contributed by atoms with E-state index in [1.54, 1.807) is 31.4 Å².